The van der Waals surface area contributed by atoms with E-state index in [1.807, 2.05) is 0 Å². The third-order valence-corrected chi connectivity index (χ3v) is 1.66. The average Bonchev–Trinajstić information content (AvgIpc) is 2.22. The minimum Gasteiger partial charge on any atom is -0.460 e. The summed E-state index contributed by atoms with van der Waals surface area (Å²) in [4.78, 5) is 11.4. The Hall–Kier alpha value is -0.950. The second kappa shape index (κ2) is 7.36. The molecule has 2 N–H and O–H groups in total. The van der Waals surface area contributed by atoms with Crippen molar-refractivity contribution in [1.82, 2.24) is 0 Å². The molecule has 0 aromatic rings. The largest absolute Gasteiger partial charge is 0.460 e. The van der Waals surface area contributed by atoms with Gasteiger partial charge in [0.1, 0.15) is 12.5 Å². The molecule has 6 nitrogen and oxygen atoms in total. The number of carbonyl (C=O) groups is 1. The summed E-state index contributed by atoms with van der Waals surface area (Å²) in [6.07, 6.45) is -1.18. The number of hydrogen-bond donors (Lipinski definition) is 2. The predicted octanol–water partition coefficient (Wildman–Crippen LogP) is -0.739. The number of hydrogen-bond acceptors (Lipinski definition) is 6. The van der Waals surface area contributed by atoms with Crippen LogP contribution < -0.4 is 0 Å². The Balaban J connectivity index is 4.26. The second-order valence-electron chi connectivity index (χ2n) is 2.71. The van der Waals surface area contributed by atoms with E-state index in [2.05, 4.69) is 11.3 Å². The first-order valence-electron chi connectivity index (χ1n) is 4.27. The fourth-order valence-corrected chi connectivity index (χ4v) is 0.961. The van der Waals surface area contributed by atoms with Crippen molar-refractivity contribution in [3.05, 3.63) is 12.7 Å². The molecule has 0 amide bonds. The summed E-state index contributed by atoms with van der Waals surface area (Å²) in [6, 6.07) is 0. The molecule has 0 aliphatic rings. The molecular formula is C9H16O6. The van der Waals surface area contributed by atoms with E-state index >= 15 is 0 Å². The molecule has 0 rings (SSSR count). The van der Waals surface area contributed by atoms with Crippen molar-refractivity contribution >= 4 is 5.97 Å². The van der Waals surface area contributed by atoms with Gasteiger partial charge in [-0.15, -0.1) is 6.58 Å². The Kier molecular flexibility index (Phi) is 6.89. The van der Waals surface area contributed by atoms with E-state index in [1.54, 1.807) is 0 Å². The fourth-order valence-electron chi connectivity index (χ4n) is 0.961. The van der Waals surface area contributed by atoms with Gasteiger partial charge in [0.25, 0.3) is 0 Å². The Morgan fingerprint density at radius 2 is 1.93 bits per heavy atom. The second-order valence-corrected chi connectivity index (χ2v) is 2.71. The van der Waals surface area contributed by atoms with Gasteiger partial charge < -0.3 is 24.4 Å². The van der Waals surface area contributed by atoms with Gasteiger partial charge >= 0.3 is 5.97 Å². The van der Waals surface area contributed by atoms with Crippen LogP contribution in [0.3, 0.4) is 0 Å². The SMILES string of the molecule is C=CC(C(=O)OCC(O)O)C(OC)OC. The Bertz CT molecular complexity index is 199. The molecule has 0 spiro atoms. The van der Waals surface area contributed by atoms with Crippen LogP contribution in [0.5, 0.6) is 0 Å². The van der Waals surface area contributed by atoms with E-state index in [9.17, 15) is 4.79 Å². The molecule has 1 atom stereocenters. The Morgan fingerprint density at radius 1 is 1.40 bits per heavy atom. The topological polar surface area (TPSA) is 85.2 Å². The van der Waals surface area contributed by atoms with Gasteiger partial charge in [-0.05, 0) is 0 Å². The summed E-state index contributed by atoms with van der Waals surface area (Å²) < 4.78 is 14.3. The first-order valence-corrected chi connectivity index (χ1v) is 4.27. The monoisotopic (exact) mass is 220 g/mol. The maximum Gasteiger partial charge on any atom is 0.318 e. The van der Waals surface area contributed by atoms with E-state index in [-0.39, 0.29) is 0 Å². The van der Waals surface area contributed by atoms with Crippen LogP contribution in [-0.2, 0) is 19.0 Å². The van der Waals surface area contributed by atoms with Crippen molar-refractivity contribution < 1.29 is 29.2 Å². The van der Waals surface area contributed by atoms with Gasteiger partial charge in [-0.2, -0.15) is 0 Å². The number of aliphatic hydroxyl groups is 2. The maximum absolute atomic E-state index is 11.4. The highest BCUT2D eigenvalue weighted by atomic mass is 16.7. The van der Waals surface area contributed by atoms with Crippen molar-refractivity contribution in [2.45, 2.75) is 12.6 Å². The number of methoxy groups -OCH3 is 2. The molecular weight excluding hydrogens is 204 g/mol. The Morgan fingerprint density at radius 3 is 2.27 bits per heavy atom. The summed E-state index contributed by atoms with van der Waals surface area (Å²) >= 11 is 0. The van der Waals surface area contributed by atoms with Crippen molar-refractivity contribution in [2.24, 2.45) is 5.92 Å². The quantitative estimate of drug-likeness (QED) is 0.334. The molecule has 88 valence electrons. The maximum atomic E-state index is 11.4. The highest BCUT2D eigenvalue weighted by molar-refractivity contribution is 5.74. The smallest absolute Gasteiger partial charge is 0.318 e. The van der Waals surface area contributed by atoms with Gasteiger partial charge in [-0.1, -0.05) is 6.08 Å². The van der Waals surface area contributed by atoms with Gasteiger partial charge in [-0.3, -0.25) is 4.79 Å². The van der Waals surface area contributed by atoms with E-state index in [0.717, 1.165) is 0 Å². The lowest BCUT2D eigenvalue weighted by molar-refractivity contribution is -0.179. The lowest BCUT2D eigenvalue weighted by atomic mass is 10.1. The van der Waals surface area contributed by atoms with Crippen LogP contribution in [0.15, 0.2) is 12.7 Å². The van der Waals surface area contributed by atoms with Crippen molar-refractivity contribution in [3.8, 4) is 0 Å². The minimum absolute atomic E-state index is 0.497. The van der Waals surface area contributed by atoms with Gasteiger partial charge in [-0.25, -0.2) is 0 Å². The van der Waals surface area contributed by atoms with Crippen LogP contribution in [-0.4, -0.2) is 49.6 Å². The van der Waals surface area contributed by atoms with Crippen LogP contribution >= 0.6 is 0 Å². The van der Waals surface area contributed by atoms with Crippen LogP contribution in [0.2, 0.25) is 0 Å². The number of esters is 1. The summed E-state index contributed by atoms with van der Waals surface area (Å²) in [6.45, 7) is 2.94. The number of ether oxygens (including phenoxy) is 3. The zero-order chi connectivity index (χ0) is 11.8. The van der Waals surface area contributed by atoms with E-state index in [4.69, 9.17) is 19.7 Å². The molecule has 0 heterocycles. The highest BCUT2D eigenvalue weighted by Crippen LogP contribution is 2.11. The lowest BCUT2D eigenvalue weighted by Gasteiger charge is -2.20. The van der Waals surface area contributed by atoms with Crippen molar-refractivity contribution in [1.29, 1.82) is 0 Å². The third-order valence-electron chi connectivity index (χ3n) is 1.66. The summed E-state index contributed by atoms with van der Waals surface area (Å²) in [5.74, 6) is -1.49. The molecule has 0 aromatic carbocycles. The molecule has 0 bridgehead atoms. The van der Waals surface area contributed by atoms with Gasteiger partial charge in [0.15, 0.2) is 12.6 Å². The van der Waals surface area contributed by atoms with E-state index in [0.29, 0.717) is 0 Å². The number of aliphatic hydroxyl groups excluding tert-OH is 1. The number of rotatable bonds is 7. The molecule has 0 radical (unpaired) electrons. The van der Waals surface area contributed by atoms with Crippen molar-refractivity contribution in [3.63, 3.8) is 0 Å². The highest BCUT2D eigenvalue weighted by Gasteiger charge is 2.27. The van der Waals surface area contributed by atoms with Crippen LogP contribution in [0, 0.1) is 5.92 Å². The average molecular weight is 220 g/mol. The predicted molar refractivity (Wildman–Crippen MR) is 50.7 cm³/mol. The summed E-state index contributed by atoms with van der Waals surface area (Å²) in [5.41, 5.74) is 0. The molecule has 0 saturated heterocycles. The third kappa shape index (κ3) is 4.89. The van der Waals surface area contributed by atoms with Crippen LogP contribution in [0.1, 0.15) is 0 Å². The number of carbonyl (C=O) groups excluding carboxylic acids is 1. The molecule has 6 heteroatoms. The summed E-state index contributed by atoms with van der Waals surface area (Å²) in [7, 11) is 2.75. The van der Waals surface area contributed by atoms with Gasteiger partial charge in [0.2, 0.25) is 0 Å². The lowest BCUT2D eigenvalue weighted by Crippen LogP contribution is -2.32. The molecule has 0 aliphatic carbocycles. The molecule has 0 saturated carbocycles. The van der Waals surface area contributed by atoms with Crippen LogP contribution in [0.4, 0.5) is 0 Å². The standard InChI is InChI=1S/C9H16O6/c1-4-6(9(13-2)14-3)8(12)15-5-7(10)11/h4,6-7,9-11H,1,5H2,2-3H3. The summed E-state index contributed by atoms with van der Waals surface area (Å²) in [5, 5.41) is 17.0. The first-order chi connectivity index (χ1) is 7.06. The van der Waals surface area contributed by atoms with Gasteiger partial charge in [0, 0.05) is 14.2 Å². The molecule has 0 fully saturated rings. The van der Waals surface area contributed by atoms with E-state index < -0.39 is 31.1 Å². The minimum atomic E-state index is -1.69. The Labute approximate surface area is 88.1 Å². The molecule has 0 aromatic heterocycles. The zero-order valence-corrected chi connectivity index (χ0v) is 8.75. The van der Waals surface area contributed by atoms with Gasteiger partial charge in [0.05, 0.1) is 0 Å². The molecule has 0 aliphatic heterocycles. The zero-order valence-electron chi connectivity index (χ0n) is 8.75. The fraction of sp³-hybridized carbons (Fsp3) is 0.667. The molecule has 15 heavy (non-hydrogen) atoms. The normalized spacial score (nSPS) is 12.9. The first kappa shape index (κ1) is 14.1. The van der Waals surface area contributed by atoms with Crippen molar-refractivity contribution in [2.75, 3.05) is 20.8 Å². The van der Waals surface area contributed by atoms with E-state index in [1.165, 1.54) is 20.3 Å². The molecule has 1 unspecified atom stereocenters. The van der Waals surface area contributed by atoms with Crippen LogP contribution in [0.25, 0.3) is 0 Å².